The number of benzene rings is 8. The number of halogens is 7. The van der Waals surface area contributed by atoms with E-state index >= 15 is 0 Å². The number of aromatic nitrogens is 1. The predicted molar refractivity (Wildman–Crippen MR) is 426 cm³/mol. The maximum absolute atomic E-state index is 14.1. The second-order valence-electron chi connectivity index (χ2n) is 27.4. The first-order chi connectivity index (χ1) is 56.5. The van der Waals surface area contributed by atoms with Gasteiger partial charge in [-0.25, -0.2) is 83.0 Å². The molecule has 5 fully saturated rings. The Labute approximate surface area is 695 Å². The molecule has 1 aromatic heterocycles. The number of esters is 3. The number of thiazole rings is 1. The Morgan fingerprint density at radius 3 is 1.03 bits per heavy atom. The Morgan fingerprint density at radius 1 is 0.420 bits per heavy atom. The van der Waals surface area contributed by atoms with E-state index in [9.17, 15) is 97.5 Å². The summed E-state index contributed by atoms with van der Waals surface area (Å²) in [5.74, 6) is -9.82. The van der Waals surface area contributed by atoms with Gasteiger partial charge in [-0.3, -0.25) is 19.7 Å². The number of carboxylic acids is 1. The van der Waals surface area contributed by atoms with Crippen LogP contribution in [-0.2, 0) is 93.8 Å². The van der Waals surface area contributed by atoms with Gasteiger partial charge in [0.1, 0.15) is 22.3 Å². The van der Waals surface area contributed by atoms with Crippen LogP contribution >= 0.6 is 27.3 Å². The number of sulfone groups is 5. The van der Waals surface area contributed by atoms with Gasteiger partial charge in [0.15, 0.2) is 89.0 Å². The van der Waals surface area contributed by atoms with Crippen molar-refractivity contribution in [3.63, 3.8) is 0 Å². The largest absolute Gasteiger partial charge is 0.478 e. The van der Waals surface area contributed by atoms with Crippen molar-refractivity contribution in [2.75, 3.05) is 25.1 Å². The number of alkyl halides is 1. The second-order valence-corrected chi connectivity index (χ2v) is 40.3. The Morgan fingerprint density at radius 2 is 0.723 bits per heavy atom. The number of carbonyl (C=O) groups excluding carboxylic acids is 4. The standard InChI is InChI=1S/C20H16F2N2O4S2.C19H18F2O5S.C17H14F2O5S.C13H15BrO4S.C13H16O4S/c21-13-3-8-17(16(22)11-13)28-18(19(25)24-20-23-9-10-29-20)12-1-4-14(5-2-12)30(26,27)15-6-7-15;1-2-25-19(22)18(26-17-10-5-13(20)11-16(17)21)12-3-6-14(7-4-12)27(23,24)15-8-9-15;18-11-3-8-15(14(19)9-11)24-16(17(20)21)10-1-4-12(5-2-10)25(22,23)13-6-7-13;1-2-18-13(15)12(14)9-3-5-10(6-4-9)19(16,17)11-7-8-11;1-2-17-13(14)9-10-3-5-11(6-4-10)18(15,16)12-7-8-12/h1-5,8-11,15,18H,6-7H2,(H,23,24,25);3-7,10-11,15,18H,2,8-9H2,1H3;1-5,8-9,13,16H,6-7H2,(H,20,21);3-6,11-12H,2,7-8H2,1H3;3-6,12H,2,7-9H2,1H3. The number of carbonyl (C=O) groups is 5. The highest BCUT2D eigenvalue weighted by Crippen LogP contribution is 2.40. The van der Waals surface area contributed by atoms with E-state index in [1.54, 1.807) is 74.7 Å². The number of aliphatic carboxylic acids is 1. The summed E-state index contributed by atoms with van der Waals surface area (Å²) in [6, 6.07) is 37.4. The number of rotatable bonds is 30. The molecule has 0 spiro atoms. The molecular formula is C82H79BrF6N2O22S6. The molecule has 1 amide bonds. The van der Waals surface area contributed by atoms with Crippen LogP contribution in [-0.4, -0.2) is 128 Å². The van der Waals surface area contributed by atoms with E-state index in [0.29, 0.717) is 102 Å². The fourth-order valence-electron chi connectivity index (χ4n) is 11.3. The van der Waals surface area contributed by atoms with Crippen LogP contribution in [0.3, 0.4) is 0 Å². The summed E-state index contributed by atoms with van der Waals surface area (Å²) < 4.78 is 233. The quantitative estimate of drug-likeness (QED) is 0.0183. The highest BCUT2D eigenvalue weighted by Gasteiger charge is 2.42. The minimum atomic E-state index is -3.39. The topological polar surface area (TPSA) is 357 Å². The normalized spacial score (nSPS) is 15.5. The van der Waals surface area contributed by atoms with Crippen molar-refractivity contribution in [1.82, 2.24) is 4.98 Å². The van der Waals surface area contributed by atoms with Crippen LogP contribution in [0.2, 0.25) is 0 Å². The molecule has 14 rings (SSSR count). The van der Waals surface area contributed by atoms with Gasteiger partial charge in [-0.1, -0.05) is 76.6 Å². The predicted octanol–water partition coefficient (Wildman–Crippen LogP) is 15.2. The zero-order chi connectivity index (χ0) is 86.3. The summed E-state index contributed by atoms with van der Waals surface area (Å²) in [6.45, 7) is 5.85. The lowest BCUT2D eigenvalue weighted by atomic mass is 10.1. The first-order valence-electron chi connectivity index (χ1n) is 37.1. The maximum atomic E-state index is 14.1. The molecule has 1 heterocycles. The van der Waals surface area contributed by atoms with E-state index in [4.69, 9.17) is 28.4 Å². The van der Waals surface area contributed by atoms with Gasteiger partial charge in [-0.15, -0.1) is 11.3 Å². The maximum Gasteiger partial charge on any atom is 0.352 e. The summed E-state index contributed by atoms with van der Waals surface area (Å²) in [4.78, 5) is 63.8. The molecule has 24 nitrogen and oxygen atoms in total. The van der Waals surface area contributed by atoms with Crippen molar-refractivity contribution in [1.29, 1.82) is 0 Å². The van der Waals surface area contributed by atoms with Gasteiger partial charge in [-0.2, -0.15) is 0 Å². The first-order valence-corrected chi connectivity index (χ1v) is 46.6. The first kappa shape index (κ1) is 91.3. The molecule has 0 saturated heterocycles. The van der Waals surface area contributed by atoms with Crippen LogP contribution in [0.1, 0.15) is 136 Å². The zero-order valence-electron chi connectivity index (χ0n) is 63.6. The highest BCUT2D eigenvalue weighted by atomic mass is 79.9. The smallest absolute Gasteiger partial charge is 0.352 e. The lowest BCUT2D eigenvalue weighted by molar-refractivity contribution is -0.152. The molecule has 119 heavy (non-hydrogen) atoms. The number of amides is 1. The molecule has 8 aromatic carbocycles. The van der Waals surface area contributed by atoms with E-state index in [1.807, 2.05) is 0 Å². The van der Waals surface area contributed by atoms with Gasteiger partial charge in [0, 0.05) is 46.5 Å². The molecule has 0 bridgehead atoms. The number of hydrogen-bond acceptors (Lipinski definition) is 23. The Balaban J connectivity index is 0.000000158. The van der Waals surface area contributed by atoms with Gasteiger partial charge in [0.2, 0.25) is 18.3 Å². The lowest BCUT2D eigenvalue weighted by Crippen LogP contribution is -2.26. The van der Waals surface area contributed by atoms with E-state index in [2.05, 4.69) is 26.2 Å². The SMILES string of the molecule is CCOC(=O)C(Br)c1ccc(S(=O)(=O)C2CC2)cc1.CCOC(=O)C(Oc1ccc(F)cc1F)c1ccc(S(=O)(=O)C2CC2)cc1.CCOC(=O)Cc1ccc(S(=O)(=O)C2CC2)cc1.O=C(Nc1nccs1)C(Oc1ccc(F)cc1F)c1ccc(S(=O)(=O)C2CC2)cc1.O=C(O)C(Oc1ccc(F)cc1F)c1ccc(S(=O)(=O)C2CC2)cc1. The molecular weight excluding hydrogens is 1750 g/mol. The van der Waals surface area contributed by atoms with Crippen molar-refractivity contribution in [3.05, 3.63) is 250 Å². The molecule has 4 atom stereocenters. The molecule has 4 unspecified atom stereocenters. The molecule has 0 radical (unpaired) electrons. The summed E-state index contributed by atoms with van der Waals surface area (Å²) >= 11 is 4.43. The molecule has 5 aliphatic carbocycles. The minimum Gasteiger partial charge on any atom is -0.478 e. The van der Waals surface area contributed by atoms with Gasteiger partial charge in [-0.05, 0) is 193 Å². The fraction of sp³-hybridized carbons (Fsp3) is 0.317. The Bertz CT molecular complexity index is 5710. The monoisotopic (exact) mass is 1830 g/mol. The van der Waals surface area contributed by atoms with Gasteiger partial charge >= 0.3 is 23.9 Å². The van der Waals surface area contributed by atoms with E-state index in [1.165, 1.54) is 90.3 Å². The van der Waals surface area contributed by atoms with Crippen molar-refractivity contribution < 1.29 is 126 Å². The third-order valence-corrected chi connectivity index (χ3v) is 31.3. The lowest BCUT2D eigenvalue weighted by Gasteiger charge is -2.19. The second kappa shape index (κ2) is 39.9. The van der Waals surface area contributed by atoms with Crippen molar-refractivity contribution in [3.8, 4) is 17.2 Å². The summed E-state index contributed by atoms with van der Waals surface area (Å²) in [5.41, 5.74) is 2.21. The highest BCUT2D eigenvalue weighted by molar-refractivity contribution is 9.09. The van der Waals surface area contributed by atoms with Crippen molar-refractivity contribution in [2.45, 2.75) is 165 Å². The molecule has 9 aromatic rings. The van der Waals surface area contributed by atoms with E-state index < -0.39 is 131 Å². The summed E-state index contributed by atoms with van der Waals surface area (Å²) in [6.07, 6.45) is 4.29. The summed E-state index contributed by atoms with van der Waals surface area (Å²) in [5, 5.41) is 12.4. The molecule has 2 N–H and O–H groups in total. The molecule has 634 valence electrons. The van der Waals surface area contributed by atoms with Crippen molar-refractivity contribution >= 4 is 111 Å². The van der Waals surface area contributed by atoms with Crippen LogP contribution < -0.4 is 19.5 Å². The van der Waals surface area contributed by atoms with Crippen molar-refractivity contribution in [2.24, 2.45) is 0 Å². The third kappa shape index (κ3) is 24.6. The van der Waals surface area contributed by atoms with Crippen LogP contribution in [0.4, 0.5) is 31.5 Å². The van der Waals surface area contributed by atoms with E-state index in [-0.39, 0.29) is 83.0 Å². The molecule has 37 heteroatoms. The van der Waals surface area contributed by atoms with Gasteiger partial charge in [0.25, 0.3) is 5.91 Å². The van der Waals surface area contributed by atoms with E-state index in [0.717, 1.165) is 67.6 Å². The number of carboxylic acid groups (broad SMARTS) is 1. The van der Waals surface area contributed by atoms with Crippen LogP contribution in [0.25, 0.3) is 0 Å². The summed E-state index contributed by atoms with van der Waals surface area (Å²) in [7, 11) is -16.5. The van der Waals surface area contributed by atoms with Crippen LogP contribution in [0.5, 0.6) is 17.2 Å². The van der Waals surface area contributed by atoms with Gasteiger partial charge in [0.05, 0.1) is 77.0 Å². The average molecular weight is 1830 g/mol. The third-order valence-electron chi connectivity index (χ3n) is 18.3. The number of ether oxygens (including phenoxy) is 6. The number of nitrogens with one attached hydrogen (secondary N) is 1. The van der Waals surface area contributed by atoms with Gasteiger partial charge < -0.3 is 33.5 Å². The minimum absolute atomic E-state index is 0.0821. The number of anilines is 1. The Hall–Kier alpha value is -10.1. The fourth-order valence-corrected chi connectivity index (χ4v) is 20.5. The average Bonchev–Trinajstić information content (AvgIpc) is 1.51. The van der Waals surface area contributed by atoms with Crippen LogP contribution in [0, 0.1) is 34.9 Å². The number of hydrogen-bond donors (Lipinski definition) is 2. The molecule has 0 aliphatic heterocycles. The molecule has 5 aliphatic rings. The molecule has 5 saturated carbocycles. The van der Waals surface area contributed by atoms with Crippen LogP contribution in [0.15, 0.2) is 212 Å². The zero-order valence-corrected chi connectivity index (χ0v) is 70.0. The number of nitrogens with zero attached hydrogens (tertiary/aromatic N) is 1. The Kier molecular flexibility index (Phi) is 30.6.